The van der Waals surface area contributed by atoms with Crippen LogP contribution in [-0.2, 0) is 11.0 Å². The molecule has 0 bridgehead atoms. The van der Waals surface area contributed by atoms with E-state index in [1.807, 2.05) is 4.72 Å². The summed E-state index contributed by atoms with van der Waals surface area (Å²) in [4.78, 5) is 0.0338. The number of hydrogen-bond acceptors (Lipinski definition) is 1. The van der Waals surface area contributed by atoms with E-state index in [2.05, 4.69) is 0 Å². The van der Waals surface area contributed by atoms with Crippen molar-refractivity contribution in [3.63, 3.8) is 0 Å². The van der Waals surface area contributed by atoms with Crippen LogP contribution in [0.5, 0.6) is 0 Å². The minimum absolute atomic E-state index is 0.000301. The molecule has 1 aromatic carbocycles. The van der Waals surface area contributed by atoms with Crippen molar-refractivity contribution in [2.24, 2.45) is 0 Å². The Bertz CT molecular complexity index is 451. The standard InChI is InChI=1S/C9H8Cl2F3NOS/c1-5-2-3-6(8(11)7(5)10)17(16)15-4-9(12,13)14/h2-3,15H,4H2,1H3. The quantitative estimate of drug-likeness (QED) is 0.910. The second-order valence-electron chi connectivity index (χ2n) is 3.21. The van der Waals surface area contributed by atoms with Crippen molar-refractivity contribution in [2.75, 3.05) is 6.54 Å². The number of halogens is 5. The predicted octanol–water partition coefficient (Wildman–Crippen LogP) is 3.48. The molecule has 96 valence electrons. The molecule has 0 radical (unpaired) electrons. The highest BCUT2D eigenvalue weighted by Gasteiger charge is 2.28. The van der Waals surface area contributed by atoms with Gasteiger partial charge in [0.1, 0.15) is 17.5 Å². The summed E-state index contributed by atoms with van der Waals surface area (Å²) in [6, 6.07) is 2.92. The van der Waals surface area contributed by atoms with E-state index in [0.717, 1.165) is 0 Å². The zero-order valence-electron chi connectivity index (χ0n) is 8.57. The Morgan fingerprint density at radius 1 is 1.29 bits per heavy atom. The summed E-state index contributed by atoms with van der Waals surface area (Å²) >= 11 is 11.6. The van der Waals surface area contributed by atoms with Crippen LogP contribution in [0.25, 0.3) is 0 Å². The van der Waals surface area contributed by atoms with Crippen molar-refractivity contribution in [1.29, 1.82) is 0 Å². The SMILES string of the molecule is Cc1ccc(S(=O)NCC(F)(F)F)c(Cl)c1Cl. The van der Waals surface area contributed by atoms with Gasteiger partial charge in [-0.1, -0.05) is 29.3 Å². The van der Waals surface area contributed by atoms with Crippen LogP contribution >= 0.6 is 23.2 Å². The van der Waals surface area contributed by atoms with Gasteiger partial charge in [-0.15, -0.1) is 0 Å². The molecule has 1 unspecified atom stereocenters. The van der Waals surface area contributed by atoms with Crippen LogP contribution in [0.4, 0.5) is 13.2 Å². The highest BCUT2D eigenvalue weighted by molar-refractivity contribution is 7.83. The molecule has 0 saturated carbocycles. The average molecular weight is 306 g/mol. The molecule has 0 spiro atoms. The van der Waals surface area contributed by atoms with E-state index in [-0.39, 0.29) is 14.9 Å². The van der Waals surface area contributed by atoms with Crippen molar-refractivity contribution >= 4 is 34.2 Å². The number of rotatable bonds is 3. The first-order chi connectivity index (χ1) is 7.72. The first-order valence-electron chi connectivity index (χ1n) is 4.39. The van der Waals surface area contributed by atoms with Crippen LogP contribution in [0.15, 0.2) is 17.0 Å². The van der Waals surface area contributed by atoms with Gasteiger partial charge in [-0.3, -0.25) is 0 Å². The molecule has 0 fully saturated rings. The van der Waals surface area contributed by atoms with Gasteiger partial charge < -0.3 is 0 Å². The van der Waals surface area contributed by atoms with Crippen molar-refractivity contribution < 1.29 is 17.4 Å². The number of alkyl halides is 3. The third-order valence-electron chi connectivity index (χ3n) is 1.84. The molecule has 8 heteroatoms. The minimum atomic E-state index is -4.43. The Balaban J connectivity index is 2.87. The summed E-state index contributed by atoms with van der Waals surface area (Å²) < 4.78 is 49.1. The Hall–Kier alpha value is -0.300. The van der Waals surface area contributed by atoms with Crippen molar-refractivity contribution in [1.82, 2.24) is 4.72 Å². The predicted molar refractivity (Wildman–Crippen MR) is 61.7 cm³/mol. The first-order valence-corrected chi connectivity index (χ1v) is 6.29. The molecule has 1 rings (SSSR count). The van der Waals surface area contributed by atoms with E-state index >= 15 is 0 Å². The molecule has 17 heavy (non-hydrogen) atoms. The lowest BCUT2D eigenvalue weighted by Crippen LogP contribution is -2.30. The first kappa shape index (κ1) is 14.8. The summed E-state index contributed by atoms with van der Waals surface area (Å²) in [7, 11) is -2.05. The van der Waals surface area contributed by atoms with Crippen LogP contribution in [0.3, 0.4) is 0 Å². The van der Waals surface area contributed by atoms with Gasteiger partial charge >= 0.3 is 6.18 Å². The Morgan fingerprint density at radius 3 is 2.41 bits per heavy atom. The lowest BCUT2D eigenvalue weighted by Gasteiger charge is -2.10. The van der Waals surface area contributed by atoms with Crippen LogP contribution < -0.4 is 4.72 Å². The van der Waals surface area contributed by atoms with Crippen LogP contribution in [0.2, 0.25) is 10.0 Å². The van der Waals surface area contributed by atoms with Gasteiger partial charge in [0, 0.05) is 0 Å². The fourth-order valence-corrected chi connectivity index (χ4v) is 2.55. The lowest BCUT2D eigenvalue weighted by atomic mass is 10.2. The second-order valence-corrected chi connectivity index (χ2v) is 5.24. The molecular weight excluding hydrogens is 298 g/mol. The van der Waals surface area contributed by atoms with Crippen molar-refractivity contribution in [2.45, 2.75) is 18.0 Å². The molecule has 1 N–H and O–H groups in total. The molecule has 0 aliphatic rings. The maximum absolute atomic E-state index is 11.9. The molecule has 1 atom stereocenters. The van der Waals surface area contributed by atoms with E-state index in [4.69, 9.17) is 23.2 Å². The minimum Gasteiger partial charge on any atom is -0.237 e. The van der Waals surface area contributed by atoms with Gasteiger partial charge in [-0.25, -0.2) is 8.93 Å². The zero-order chi connectivity index (χ0) is 13.2. The maximum atomic E-state index is 11.9. The monoisotopic (exact) mass is 305 g/mol. The second kappa shape index (κ2) is 5.56. The smallest absolute Gasteiger partial charge is 0.237 e. The summed E-state index contributed by atoms with van der Waals surface area (Å²) in [5.74, 6) is 0. The summed E-state index contributed by atoms with van der Waals surface area (Å²) in [6.07, 6.45) is -4.43. The molecule has 0 heterocycles. The largest absolute Gasteiger partial charge is 0.402 e. The molecule has 0 aromatic heterocycles. The molecule has 0 aliphatic carbocycles. The third-order valence-corrected chi connectivity index (χ3v) is 4.08. The number of benzene rings is 1. The van der Waals surface area contributed by atoms with Gasteiger partial charge in [0.2, 0.25) is 0 Å². The van der Waals surface area contributed by atoms with Crippen molar-refractivity contribution in [3.8, 4) is 0 Å². The van der Waals surface area contributed by atoms with E-state index in [0.29, 0.717) is 5.56 Å². The molecule has 0 saturated heterocycles. The Labute approximate surface area is 109 Å². The Kier molecular flexibility index (Phi) is 4.83. The molecular formula is C9H8Cl2F3NOS. The summed E-state index contributed by atoms with van der Waals surface area (Å²) in [5.41, 5.74) is 0.660. The molecule has 1 aromatic rings. The van der Waals surface area contributed by atoms with Gasteiger partial charge in [0.05, 0.1) is 14.9 Å². The van der Waals surface area contributed by atoms with Gasteiger partial charge in [0.15, 0.2) is 0 Å². The summed E-state index contributed by atoms with van der Waals surface area (Å²) in [5, 5.41) is 0.186. The van der Waals surface area contributed by atoms with Crippen LogP contribution in [0, 0.1) is 6.92 Å². The third kappa shape index (κ3) is 4.13. The lowest BCUT2D eigenvalue weighted by molar-refractivity contribution is -0.121. The van der Waals surface area contributed by atoms with E-state index in [9.17, 15) is 17.4 Å². The fraction of sp³-hybridized carbons (Fsp3) is 0.333. The maximum Gasteiger partial charge on any atom is 0.402 e. The molecule has 0 aliphatic heterocycles. The fourth-order valence-electron chi connectivity index (χ4n) is 0.997. The van der Waals surface area contributed by atoms with E-state index in [1.54, 1.807) is 6.92 Å². The highest BCUT2D eigenvalue weighted by atomic mass is 35.5. The van der Waals surface area contributed by atoms with Gasteiger partial charge in [-0.05, 0) is 18.6 Å². The van der Waals surface area contributed by atoms with Crippen LogP contribution in [-0.4, -0.2) is 16.9 Å². The number of hydrogen-bond donors (Lipinski definition) is 1. The molecule has 2 nitrogen and oxygen atoms in total. The number of aryl methyl sites for hydroxylation is 1. The molecule has 0 amide bonds. The van der Waals surface area contributed by atoms with E-state index < -0.39 is 23.7 Å². The van der Waals surface area contributed by atoms with Gasteiger partial charge in [0.25, 0.3) is 0 Å². The highest BCUT2D eigenvalue weighted by Crippen LogP contribution is 2.30. The topological polar surface area (TPSA) is 29.1 Å². The number of nitrogens with one attached hydrogen (secondary N) is 1. The normalized spacial score (nSPS) is 13.8. The van der Waals surface area contributed by atoms with E-state index in [1.165, 1.54) is 12.1 Å². The van der Waals surface area contributed by atoms with Crippen LogP contribution in [0.1, 0.15) is 5.56 Å². The van der Waals surface area contributed by atoms with Crippen molar-refractivity contribution in [3.05, 3.63) is 27.7 Å². The summed E-state index contributed by atoms with van der Waals surface area (Å²) in [6.45, 7) is 0.325. The van der Waals surface area contributed by atoms with Gasteiger partial charge in [-0.2, -0.15) is 13.2 Å². The Morgan fingerprint density at radius 2 is 1.88 bits per heavy atom. The zero-order valence-corrected chi connectivity index (χ0v) is 10.9. The average Bonchev–Trinajstić information content (AvgIpc) is 2.22.